The number of benzene rings is 2. The molecule has 138 valence electrons. The Hall–Kier alpha value is -3.28. The Balaban J connectivity index is 1.76. The average molecular weight is 363 g/mol. The summed E-state index contributed by atoms with van der Waals surface area (Å²) in [5, 5.41) is 4.51. The number of carbonyl (C=O) groups is 1. The third-order valence-electron chi connectivity index (χ3n) is 4.77. The zero-order valence-electron chi connectivity index (χ0n) is 15.4. The van der Waals surface area contributed by atoms with Crippen LogP contribution in [-0.4, -0.2) is 36.5 Å². The molecule has 1 aromatic heterocycles. The van der Waals surface area contributed by atoms with Gasteiger partial charge in [-0.25, -0.2) is 4.68 Å². The SMILES string of the molecule is COc1cn(-c2ccccc2)nc1C(=O)N1CCCc2cccc(OC)c21. The first kappa shape index (κ1) is 17.1. The number of hydrogen-bond donors (Lipinski definition) is 0. The summed E-state index contributed by atoms with van der Waals surface area (Å²) in [5.41, 5.74) is 3.09. The summed E-state index contributed by atoms with van der Waals surface area (Å²) in [6.07, 6.45) is 3.55. The van der Waals surface area contributed by atoms with Gasteiger partial charge in [-0.2, -0.15) is 5.10 Å². The van der Waals surface area contributed by atoms with Crippen molar-refractivity contribution in [3.63, 3.8) is 0 Å². The van der Waals surface area contributed by atoms with Crippen LogP contribution in [0.2, 0.25) is 0 Å². The lowest BCUT2D eigenvalue weighted by Crippen LogP contribution is -2.36. The average Bonchev–Trinajstić information content (AvgIpc) is 3.17. The Morgan fingerprint density at radius 2 is 1.78 bits per heavy atom. The van der Waals surface area contributed by atoms with E-state index in [0.29, 0.717) is 23.7 Å². The maximum Gasteiger partial charge on any atom is 0.282 e. The molecule has 1 aliphatic heterocycles. The fourth-order valence-electron chi connectivity index (χ4n) is 3.48. The van der Waals surface area contributed by atoms with Gasteiger partial charge in [-0.15, -0.1) is 0 Å². The molecule has 27 heavy (non-hydrogen) atoms. The van der Waals surface area contributed by atoms with Gasteiger partial charge in [0.15, 0.2) is 11.4 Å². The van der Waals surface area contributed by atoms with Gasteiger partial charge in [0.1, 0.15) is 5.75 Å². The molecule has 0 fully saturated rings. The van der Waals surface area contributed by atoms with Crippen LogP contribution in [-0.2, 0) is 6.42 Å². The number of hydrogen-bond acceptors (Lipinski definition) is 4. The fourth-order valence-corrected chi connectivity index (χ4v) is 3.48. The number of nitrogens with zero attached hydrogens (tertiary/aromatic N) is 3. The number of rotatable bonds is 4. The van der Waals surface area contributed by atoms with Gasteiger partial charge in [0, 0.05) is 6.54 Å². The van der Waals surface area contributed by atoms with E-state index in [1.165, 1.54) is 0 Å². The largest absolute Gasteiger partial charge is 0.495 e. The Kier molecular flexibility index (Phi) is 4.54. The zero-order chi connectivity index (χ0) is 18.8. The number of anilines is 1. The van der Waals surface area contributed by atoms with Crippen LogP contribution in [0.5, 0.6) is 11.5 Å². The summed E-state index contributed by atoms with van der Waals surface area (Å²) in [6.45, 7) is 0.619. The predicted octanol–water partition coefficient (Wildman–Crippen LogP) is 3.48. The number of aromatic nitrogens is 2. The Morgan fingerprint density at radius 3 is 2.52 bits per heavy atom. The summed E-state index contributed by atoms with van der Waals surface area (Å²) in [4.78, 5) is 15.1. The Bertz CT molecular complexity index is 952. The lowest BCUT2D eigenvalue weighted by atomic mass is 10.0. The van der Waals surface area contributed by atoms with Crippen molar-refractivity contribution >= 4 is 11.6 Å². The molecular weight excluding hydrogens is 342 g/mol. The van der Waals surface area contributed by atoms with E-state index in [2.05, 4.69) is 5.10 Å². The van der Waals surface area contributed by atoms with E-state index >= 15 is 0 Å². The van der Waals surface area contributed by atoms with Gasteiger partial charge in [0.25, 0.3) is 5.91 Å². The molecule has 1 aliphatic rings. The molecule has 0 radical (unpaired) electrons. The molecule has 3 aromatic rings. The second-order valence-electron chi connectivity index (χ2n) is 6.35. The van der Waals surface area contributed by atoms with E-state index in [1.54, 1.807) is 30.0 Å². The molecule has 6 nitrogen and oxygen atoms in total. The highest BCUT2D eigenvalue weighted by Gasteiger charge is 2.30. The number of ether oxygens (including phenoxy) is 2. The summed E-state index contributed by atoms with van der Waals surface area (Å²) in [7, 11) is 3.17. The second-order valence-corrected chi connectivity index (χ2v) is 6.35. The normalized spacial score (nSPS) is 13.2. The van der Waals surface area contributed by atoms with Crippen molar-refractivity contribution in [2.24, 2.45) is 0 Å². The fraction of sp³-hybridized carbons (Fsp3) is 0.238. The van der Waals surface area contributed by atoms with E-state index in [-0.39, 0.29) is 5.91 Å². The molecule has 2 heterocycles. The minimum absolute atomic E-state index is 0.188. The third-order valence-corrected chi connectivity index (χ3v) is 4.77. The molecule has 4 rings (SSSR count). The van der Waals surface area contributed by atoms with Crippen molar-refractivity contribution in [3.8, 4) is 17.2 Å². The van der Waals surface area contributed by atoms with E-state index < -0.39 is 0 Å². The number of amides is 1. The molecular formula is C21H21N3O3. The van der Waals surface area contributed by atoms with Gasteiger partial charge in [0.2, 0.25) is 0 Å². The van der Waals surface area contributed by atoms with Gasteiger partial charge >= 0.3 is 0 Å². The van der Waals surface area contributed by atoms with Crippen LogP contribution in [0, 0.1) is 0 Å². The van der Waals surface area contributed by atoms with E-state index in [0.717, 1.165) is 29.8 Å². The van der Waals surface area contributed by atoms with Crippen LogP contribution >= 0.6 is 0 Å². The topological polar surface area (TPSA) is 56.6 Å². The van der Waals surface area contributed by atoms with Crippen LogP contribution in [0.1, 0.15) is 22.5 Å². The number of carbonyl (C=O) groups excluding carboxylic acids is 1. The molecule has 0 aliphatic carbocycles. The van der Waals surface area contributed by atoms with Crippen LogP contribution in [0.4, 0.5) is 5.69 Å². The van der Waals surface area contributed by atoms with Gasteiger partial charge in [-0.3, -0.25) is 4.79 Å². The van der Waals surface area contributed by atoms with Crippen molar-refractivity contribution in [2.75, 3.05) is 25.7 Å². The molecule has 6 heteroatoms. The molecule has 1 amide bonds. The number of para-hydroxylation sites is 2. The summed E-state index contributed by atoms with van der Waals surface area (Å²) < 4.78 is 12.6. The van der Waals surface area contributed by atoms with Crippen LogP contribution in [0.25, 0.3) is 5.69 Å². The van der Waals surface area contributed by atoms with Gasteiger partial charge in [-0.05, 0) is 36.6 Å². The lowest BCUT2D eigenvalue weighted by Gasteiger charge is -2.30. The maximum atomic E-state index is 13.4. The standard InChI is InChI=1S/C21H21N3O3/c1-26-17-12-6-8-15-9-7-13-23(20(15)17)21(25)19-18(27-2)14-24(22-19)16-10-4-3-5-11-16/h3-6,8,10-12,14H,7,9,13H2,1-2H3. The summed E-state index contributed by atoms with van der Waals surface area (Å²) in [5.74, 6) is 0.958. The van der Waals surface area contributed by atoms with Gasteiger partial charge < -0.3 is 14.4 Å². The molecule has 0 bridgehead atoms. The first-order chi connectivity index (χ1) is 13.2. The molecule has 0 saturated carbocycles. The molecule has 0 spiro atoms. The quantitative estimate of drug-likeness (QED) is 0.712. The number of methoxy groups -OCH3 is 2. The first-order valence-corrected chi connectivity index (χ1v) is 8.89. The van der Waals surface area contributed by atoms with Gasteiger partial charge in [0.05, 0.1) is 31.8 Å². The minimum Gasteiger partial charge on any atom is -0.495 e. The van der Waals surface area contributed by atoms with Crippen molar-refractivity contribution in [1.82, 2.24) is 9.78 Å². The van der Waals surface area contributed by atoms with Crippen LogP contribution in [0.15, 0.2) is 54.7 Å². The Labute approximate surface area is 157 Å². The Morgan fingerprint density at radius 1 is 1.00 bits per heavy atom. The minimum atomic E-state index is -0.188. The third kappa shape index (κ3) is 3.03. The molecule has 0 unspecified atom stereocenters. The van der Waals surface area contributed by atoms with Crippen LogP contribution < -0.4 is 14.4 Å². The van der Waals surface area contributed by atoms with E-state index in [9.17, 15) is 4.79 Å². The van der Waals surface area contributed by atoms with Crippen LogP contribution in [0.3, 0.4) is 0 Å². The van der Waals surface area contributed by atoms with Gasteiger partial charge in [-0.1, -0.05) is 30.3 Å². The van der Waals surface area contributed by atoms with Crippen molar-refractivity contribution in [2.45, 2.75) is 12.8 Å². The first-order valence-electron chi connectivity index (χ1n) is 8.89. The summed E-state index contributed by atoms with van der Waals surface area (Å²) >= 11 is 0. The highest BCUT2D eigenvalue weighted by Crippen LogP contribution is 2.37. The number of fused-ring (bicyclic) bond motifs is 1. The van der Waals surface area contributed by atoms with E-state index in [1.807, 2.05) is 48.5 Å². The van der Waals surface area contributed by atoms with Crippen molar-refractivity contribution in [3.05, 3.63) is 66.0 Å². The summed E-state index contributed by atoms with van der Waals surface area (Å²) in [6, 6.07) is 15.5. The molecule has 2 aromatic carbocycles. The van der Waals surface area contributed by atoms with E-state index in [4.69, 9.17) is 9.47 Å². The lowest BCUT2D eigenvalue weighted by molar-refractivity contribution is 0.0976. The highest BCUT2D eigenvalue weighted by atomic mass is 16.5. The zero-order valence-corrected chi connectivity index (χ0v) is 15.4. The molecule has 0 atom stereocenters. The van der Waals surface area contributed by atoms with Crippen molar-refractivity contribution < 1.29 is 14.3 Å². The predicted molar refractivity (Wildman–Crippen MR) is 103 cm³/mol. The molecule has 0 N–H and O–H groups in total. The highest BCUT2D eigenvalue weighted by molar-refractivity contribution is 6.08. The number of aryl methyl sites for hydroxylation is 1. The monoisotopic (exact) mass is 363 g/mol. The van der Waals surface area contributed by atoms with Crippen molar-refractivity contribution in [1.29, 1.82) is 0 Å². The smallest absolute Gasteiger partial charge is 0.282 e. The maximum absolute atomic E-state index is 13.4. The molecule has 0 saturated heterocycles. The second kappa shape index (κ2) is 7.15.